The van der Waals surface area contributed by atoms with Crippen LogP contribution in [0.3, 0.4) is 0 Å². The van der Waals surface area contributed by atoms with Gasteiger partial charge in [0.25, 0.3) is 0 Å². The van der Waals surface area contributed by atoms with Crippen LogP contribution in [0.1, 0.15) is 57.4 Å². The van der Waals surface area contributed by atoms with E-state index in [9.17, 15) is 5.11 Å². The van der Waals surface area contributed by atoms with E-state index in [4.69, 9.17) is 4.99 Å². The number of likely N-dealkylation sites (tertiary alicyclic amines) is 1. The maximum atomic E-state index is 9.65. The molecule has 3 aliphatic heterocycles. The number of aliphatic hydroxyl groups excluding tert-OH is 1. The molecule has 1 aromatic rings. The molecule has 0 saturated carbocycles. The van der Waals surface area contributed by atoms with Crippen LogP contribution in [-0.2, 0) is 6.54 Å². The van der Waals surface area contributed by atoms with Crippen molar-refractivity contribution in [3.63, 3.8) is 0 Å². The van der Waals surface area contributed by atoms with E-state index in [1.54, 1.807) is 0 Å². The van der Waals surface area contributed by atoms with Crippen LogP contribution in [0.5, 0.6) is 0 Å². The fourth-order valence-electron chi connectivity index (χ4n) is 5.59. The van der Waals surface area contributed by atoms with Crippen LogP contribution in [-0.4, -0.2) is 77.8 Å². The molecule has 3 saturated heterocycles. The molecule has 6 nitrogen and oxygen atoms in total. The van der Waals surface area contributed by atoms with E-state index in [1.165, 1.54) is 31.2 Å². The van der Waals surface area contributed by atoms with Gasteiger partial charge in [0, 0.05) is 50.8 Å². The molecule has 4 rings (SSSR count). The number of aliphatic hydroxyl groups is 1. The molecular weight excluding hydrogens is 513 g/mol. The Morgan fingerprint density at radius 1 is 1.06 bits per heavy atom. The molecule has 180 valence electrons. The number of nitrogens with zero attached hydrogens (tertiary/aromatic N) is 3. The Kier molecular flexibility index (Phi) is 10.5. The second-order valence-electron chi connectivity index (χ2n) is 9.54. The van der Waals surface area contributed by atoms with Crippen molar-refractivity contribution in [1.82, 2.24) is 20.4 Å². The number of fused-ring (bicyclic) bond motifs is 2. The summed E-state index contributed by atoms with van der Waals surface area (Å²) in [6, 6.07) is 12.8. The third-order valence-corrected chi connectivity index (χ3v) is 7.24. The smallest absolute Gasteiger partial charge is 0.191 e. The fourth-order valence-corrected chi connectivity index (χ4v) is 5.59. The molecule has 0 aliphatic carbocycles. The summed E-state index contributed by atoms with van der Waals surface area (Å²) >= 11 is 0. The maximum Gasteiger partial charge on any atom is 0.191 e. The minimum absolute atomic E-state index is 0. The Hall–Kier alpha value is -0.900. The lowest BCUT2D eigenvalue weighted by molar-refractivity contribution is 0.0824. The lowest BCUT2D eigenvalue weighted by atomic mass is 9.96. The lowest BCUT2D eigenvalue weighted by Crippen LogP contribution is -2.52. The van der Waals surface area contributed by atoms with Crippen molar-refractivity contribution in [3.05, 3.63) is 35.9 Å². The summed E-state index contributed by atoms with van der Waals surface area (Å²) in [6.45, 7) is 8.11. The number of guanidine groups is 1. The van der Waals surface area contributed by atoms with E-state index in [0.717, 1.165) is 64.5 Å². The maximum absolute atomic E-state index is 9.65. The van der Waals surface area contributed by atoms with Crippen molar-refractivity contribution in [1.29, 1.82) is 0 Å². The van der Waals surface area contributed by atoms with Crippen LogP contribution in [0.15, 0.2) is 35.3 Å². The van der Waals surface area contributed by atoms with E-state index in [-0.39, 0.29) is 30.1 Å². The van der Waals surface area contributed by atoms with Crippen molar-refractivity contribution in [3.8, 4) is 0 Å². The third-order valence-electron chi connectivity index (χ3n) is 7.24. The van der Waals surface area contributed by atoms with Crippen molar-refractivity contribution < 1.29 is 5.11 Å². The number of rotatable bonds is 8. The van der Waals surface area contributed by atoms with Crippen molar-refractivity contribution in [2.24, 2.45) is 4.99 Å². The van der Waals surface area contributed by atoms with Crippen LogP contribution in [0.4, 0.5) is 0 Å². The highest BCUT2D eigenvalue weighted by Gasteiger charge is 2.40. The van der Waals surface area contributed by atoms with Crippen LogP contribution >= 0.6 is 24.0 Å². The Morgan fingerprint density at radius 3 is 2.41 bits per heavy atom. The number of halogens is 1. The van der Waals surface area contributed by atoms with Gasteiger partial charge in [0.1, 0.15) is 0 Å². The number of hydrogen-bond donors (Lipinski definition) is 3. The number of piperidine rings is 2. The van der Waals surface area contributed by atoms with Gasteiger partial charge in [-0.3, -0.25) is 9.89 Å². The van der Waals surface area contributed by atoms with Gasteiger partial charge < -0.3 is 20.6 Å². The van der Waals surface area contributed by atoms with Gasteiger partial charge >= 0.3 is 0 Å². The molecule has 3 aliphatic rings. The highest BCUT2D eigenvalue weighted by Crippen LogP contribution is 2.36. The summed E-state index contributed by atoms with van der Waals surface area (Å²) in [5.74, 6) is 0.984. The predicted octanol–water partition coefficient (Wildman–Crippen LogP) is 3.20. The van der Waals surface area contributed by atoms with Crippen LogP contribution in [0.25, 0.3) is 0 Å². The van der Waals surface area contributed by atoms with E-state index in [2.05, 4.69) is 57.7 Å². The topological polar surface area (TPSA) is 63.1 Å². The number of hydrogen-bond acceptors (Lipinski definition) is 4. The molecule has 2 atom stereocenters. The van der Waals surface area contributed by atoms with Gasteiger partial charge in [0.2, 0.25) is 0 Å². The zero-order valence-corrected chi connectivity index (χ0v) is 21.9. The van der Waals surface area contributed by atoms with Crippen molar-refractivity contribution in [2.45, 2.75) is 82.6 Å². The van der Waals surface area contributed by atoms with Gasteiger partial charge in [-0.15, -0.1) is 24.0 Å². The molecule has 2 unspecified atom stereocenters. The molecule has 2 bridgehead atoms. The van der Waals surface area contributed by atoms with E-state index in [1.807, 2.05) is 0 Å². The molecule has 0 radical (unpaired) electrons. The predicted molar refractivity (Wildman–Crippen MR) is 143 cm³/mol. The first kappa shape index (κ1) is 25.7. The third kappa shape index (κ3) is 7.30. The first-order valence-corrected chi connectivity index (χ1v) is 12.5. The Bertz CT molecular complexity index is 681. The molecule has 32 heavy (non-hydrogen) atoms. The van der Waals surface area contributed by atoms with Gasteiger partial charge in [-0.25, -0.2) is 0 Å². The van der Waals surface area contributed by atoms with Gasteiger partial charge in [-0.05, 0) is 64.0 Å². The zero-order valence-electron chi connectivity index (χ0n) is 19.6. The van der Waals surface area contributed by atoms with Gasteiger partial charge in [0.15, 0.2) is 5.96 Å². The van der Waals surface area contributed by atoms with Crippen LogP contribution in [0, 0.1) is 0 Å². The van der Waals surface area contributed by atoms with Gasteiger partial charge in [-0.1, -0.05) is 30.3 Å². The molecule has 3 N–H and O–H groups in total. The zero-order chi connectivity index (χ0) is 21.5. The minimum atomic E-state index is -0.0896. The van der Waals surface area contributed by atoms with E-state index < -0.39 is 0 Å². The molecule has 0 spiro atoms. The Balaban J connectivity index is 0.00000289. The quantitative estimate of drug-likeness (QED) is 0.199. The molecule has 3 fully saturated rings. The van der Waals surface area contributed by atoms with Crippen LogP contribution in [0.2, 0.25) is 0 Å². The first-order chi connectivity index (χ1) is 15.2. The Labute approximate surface area is 211 Å². The molecule has 0 amide bonds. The van der Waals surface area contributed by atoms with E-state index >= 15 is 0 Å². The minimum Gasteiger partial charge on any atom is -0.393 e. The molecule has 0 aromatic heterocycles. The number of benzene rings is 1. The molecule has 7 heteroatoms. The summed E-state index contributed by atoms with van der Waals surface area (Å²) in [7, 11) is 0. The van der Waals surface area contributed by atoms with Crippen molar-refractivity contribution in [2.75, 3.05) is 32.7 Å². The first-order valence-electron chi connectivity index (χ1n) is 12.5. The van der Waals surface area contributed by atoms with Crippen molar-refractivity contribution >= 4 is 29.9 Å². The SMILES string of the molecule is CCNC(=NCCCN1CCC(O)CC1)NC1CC2CCC(C1)N2Cc1ccccc1.I. The number of nitrogens with one attached hydrogen (secondary N) is 2. The standard InChI is InChI=1S/C25H41N5O.HI/c1-2-26-25(27-13-6-14-29-15-11-24(31)12-16-29)28-21-17-22-9-10-23(18-21)30(22)19-20-7-4-3-5-8-20;/h3-5,7-8,21-24,31H,2,6,9-19H2,1H3,(H2,26,27,28);1H. The number of aliphatic imine (C=N–C) groups is 1. The monoisotopic (exact) mass is 555 g/mol. The largest absolute Gasteiger partial charge is 0.393 e. The summed E-state index contributed by atoms with van der Waals surface area (Å²) in [5, 5.41) is 16.9. The summed E-state index contributed by atoms with van der Waals surface area (Å²) < 4.78 is 0. The fraction of sp³-hybridized carbons (Fsp3) is 0.720. The normalized spacial score (nSPS) is 27.2. The summed E-state index contributed by atoms with van der Waals surface area (Å²) in [4.78, 5) is 10.1. The second kappa shape index (κ2) is 13.1. The molecule has 3 heterocycles. The Morgan fingerprint density at radius 2 is 1.75 bits per heavy atom. The van der Waals surface area contributed by atoms with E-state index in [0.29, 0.717) is 18.1 Å². The van der Waals surface area contributed by atoms with Gasteiger partial charge in [0.05, 0.1) is 6.10 Å². The van der Waals surface area contributed by atoms with Gasteiger partial charge in [-0.2, -0.15) is 0 Å². The summed E-state index contributed by atoms with van der Waals surface area (Å²) in [6.07, 6.45) is 7.90. The average Bonchev–Trinajstić information content (AvgIpc) is 3.01. The summed E-state index contributed by atoms with van der Waals surface area (Å²) in [5.41, 5.74) is 1.43. The lowest BCUT2D eigenvalue weighted by Gasteiger charge is -2.39. The second-order valence-corrected chi connectivity index (χ2v) is 9.54. The highest BCUT2D eigenvalue weighted by atomic mass is 127. The highest BCUT2D eigenvalue weighted by molar-refractivity contribution is 14.0. The molecular formula is C25H42IN5O. The average molecular weight is 556 g/mol. The molecule has 1 aromatic carbocycles. The van der Waals surface area contributed by atoms with Crippen LogP contribution < -0.4 is 10.6 Å².